The second-order valence-corrected chi connectivity index (χ2v) is 6.55. The Bertz CT molecular complexity index is 658. The smallest absolute Gasteiger partial charge is 0.283 e. The summed E-state index contributed by atoms with van der Waals surface area (Å²) in [7, 11) is -3.75. The van der Waals surface area contributed by atoms with Crippen molar-refractivity contribution >= 4 is 26.5 Å². The van der Waals surface area contributed by atoms with Gasteiger partial charge in [0.15, 0.2) is 5.13 Å². The number of aromatic amines is 1. The van der Waals surface area contributed by atoms with Crippen LogP contribution in [0.25, 0.3) is 0 Å². The predicted molar refractivity (Wildman–Crippen MR) is 68.9 cm³/mol. The van der Waals surface area contributed by atoms with Gasteiger partial charge in [0.2, 0.25) is 5.03 Å². The van der Waals surface area contributed by atoms with Gasteiger partial charge in [-0.3, -0.25) is 9.82 Å². The number of H-pyrrole nitrogens is 1. The van der Waals surface area contributed by atoms with E-state index in [1.165, 1.54) is 11.3 Å². The molecule has 0 fully saturated rings. The lowest BCUT2D eigenvalue weighted by Crippen LogP contribution is -2.16. The first-order valence-corrected chi connectivity index (χ1v) is 7.43. The van der Waals surface area contributed by atoms with Crippen molar-refractivity contribution in [3.63, 3.8) is 0 Å². The van der Waals surface area contributed by atoms with Crippen LogP contribution in [0, 0.1) is 13.8 Å². The number of aromatic nitrogens is 3. The molecule has 0 unspecified atom stereocenters. The fourth-order valence-corrected chi connectivity index (χ4v) is 3.58. The Morgan fingerprint density at radius 1 is 1.50 bits per heavy atom. The SMILES string of the molecule is Cc1cnc(NS(=O)(=O)c2n[nH]c(C)c2CN)s1. The van der Waals surface area contributed by atoms with E-state index in [-0.39, 0.29) is 11.6 Å². The normalized spacial score (nSPS) is 11.7. The number of sulfonamides is 1. The topological polar surface area (TPSA) is 114 Å². The zero-order valence-corrected chi connectivity index (χ0v) is 11.5. The van der Waals surface area contributed by atoms with Gasteiger partial charge in [0.05, 0.1) is 0 Å². The van der Waals surface area contributed by atoms with Crippen LogP contribution in [0.5, 0.6) is 0 Å². The standard InChI is InChI=1S/C9H13N5O2S2/c1-5-4-11-9(17-5)14-18(15,16)8-7(3-10)6(2)12-13-8/h4H,3,10H2,1-2H3,(H,11,14)(H,12,13). The minimum atomic E-state index is -3.75. The van der Waals surface area contributed by atoms with Crippen molar-refractivity contribution < 1.29 is 8.42 Å². The molecular weight excluding hydrogens is 274 g/mol. The molecule has 2 rings (SSSR count). The van der Waals surface area contributed by atoms with Crippen molar-refractivity contribution in [2.45, 2.75) is 25.4 Å². The van der Waals surface area contributed by atoms with Gasteiger partial charge < -0.3 is 5.73 Å². The Kier molecular flexibility index (Phi) is 3.37. The summed E-state index contributed by atoms with van der Waals surface area (Å²) >= 11 is 1.26. The van der Waals surface area contributed by atoms with Crippen molar-refractivity contribution in [3.8, 4) is 0 Å². The van der Waals surface area contributed by atoms with Crippen LogP contribution in [0.15, 0.2) is 11.2 Å². The lowest BCUT2D eigenvalue weighted by molar-refractivity contribution is 0.596. The Labute approximate surface area is 108 Å². The first kappa shape index (κ1) is 13.0. The van der Waals surface area contributed by atoms with Crippen LogP contribution in [-0.4, -0.2) is 23.6 Å². The maximum atomic E-state index is 12.1. The lowest BCUT2D eigenvalue weighted by atomic mass is 10.3. The van der Waals surface area contributed by atoms with Gasteiger partial charge in [-0.25, -0.2) is 4.98 Å². The number of anilines is 1. The number of nitrogens with zero attached hydrogens (tertiary/aromatic N) is 2. The third kappa shape index (κ3) is 2.37. The molecule has 0 spiro atoms. The number of aryl methyl sites for hydroxylation is 2. The number of hydrogen-bond acceptors (Lipinski definition) is 6. The van der Waals surface area contributed by atoms with Crippen LogP contribution >= 0.6 is 11.3 Å². The first-order valence-electron chi connectivity index (χ1n) is 5.13. The van der Waals surface area contributed by atoms with Crippen LogP contribution in [0.1, 0.15) is 16.1 Å². The maximum absolute atomic E-state index is 12.1. The molecule has 0 aliphatic heterocycles. The zero-order chi connectivity index (χ0) is 13.3. The summed E-state index contributed by atoms with van der Waals surface area (Å²) < 4.78 is 26.6. The molecule has 0 atom stereocenters. The van der Waals surface area contributed by atoms with Gasteiger partial charge >= 0.3 is 0 Å². The van der Waals surface area contributed by atoms with Crippen LogP contribution in [0.3, 0.4) is 0 Å². The van der Waals surface area contributed by atoms with E-state index in [1.54, 1.807) is 13.1 Å². The molecule has 0 radical (unpaired) electrons. The fraction of sp³-hybridized carbons (Fsp3) is 0.333. The van der Waals surface area contributed by atoms with E-state index in [9.17, 15) is 8.42 Å². The van der Waals surface area contributed by atoms with Crippen LogP contribution in [0.2, 0.25) is 0 Å². The molecule has 2 aromatic heterocycles. The van der Waals surface area contributed by atoms with E-state index in [4.69, 9.17) is 5.73 Å². The van der Waals surface area contributed by atoms with Crippen molar-refractivity contribution in [1.29, 1.82) is 0 Å². The van der Waals surface area contributed by atoms with E-state index >= 15 is 0 Å². The number of nitrogens with two attached hydrogens (primary N) is 1. The van der Waals surface area contributed by atoms with Crippen molar-refractivity contribution in [3.05, 3.63) is 22.3 Å². The third-order valence-electron chi connectivity index (χ3n) is 2.34. The van der Waals surface area contributed by atoms with Gasteiger partial charge in [0.1, 0.15) is 0 Å². The molecular formula is C9H13N5O2S2. The molecule has 18 heavy (non-hydrogen) atoms. The zero-order valence-electron chi connectivity index (χ0n) is 9.89. The van der Waals surface area contributed by atoms with E-state index in [2.05, 4.69) is 19.9 Å². The van der Waals surface area contributed by atoms with Gasteiger partial charge in [-0.15, -0.1) is 11.3 Å². The number of hydrogen-bond donors (Lipinski definition) is 3. The monoisotopic (exact) mass is 287 g/mol. The van der Waals surface area contributed by atoms with Crippen molar-refractivity contribution in [1.82, 2.24) is 15.2 Å². The molecule has 0 aliphatic carbocycles. The Morgan fingerprint density at radius 3 is 2.78 bits per heavy atom. The highest BCUT2D eigenvalue weighted by Gasteiger charge is 2.24. The molecule has 0 saturated carbocycles. The number of rotatable bonds is 4. The molecule has 0 aliphatic rings. The van der Waals surface area contributed by atoms with Crippen molar-refractivity contribution in [2.24, 2.45) is 5.73 Å². The predicted octanol–water partition coefficient (Wildman–Crippen LogP) is 0.743. The Morgan fingerprint density at radius 2 is 2.22 bits per heavy atom. The summed E-state index contributed by atoms with van der Waals surface area (Å²) in [6, 6.07) is 0. The summed E-state index contributed by atoms with van der Waals surface area (Å²) in [5.74, 6) is 0. The third-order valence-corrected chi connectivity index (χ3v) is 4.60. The summed E-state index contributed by atoms with van der Waals surface area (Å²) in [6.07, 6.45) is 1.60. The van der Waals surface area contributed by atoms with E-state index in [0.29, 0.717) is 16.4 Å². The molecule has 9 heteroatoms. The van der Waals surface area contributed by atoms with Crippen LogP contribution in [-0.2, 0) is 16.6 Å². The molecule has 0 aromatic carbocycles. The largest absolute Gasteiger partial charge is 0.326 e. The summed E-state index contributed by atoms with van der Waals surface area (Å²) in [5.41, 5.74) is 6.65. The number of thiazole rings is 1. The van der Waals surface area contributed by atoms with E-state index in [1.807, 2.05) is 6.92 Å². The molecule has 2 aromatic rings. The molecule has 0 amide bonds. The van der Waals surface area contributed by atoms with Gasteiger partial charge in [-0.2, -0.15) is 13.5 Å². The highest BCUT2D eigenvalue weighted by atomic mass is 32.2. The van der Waals surface area contributed by atoms with Gasteiger partial charge in [0, 0.05) is 28.9 Å². The minimum Gasteiger partial charge on any atom is -0.326 e. The lowest BCUT2D eigenvalue weighted by Gasteiger charge is -2.03. The Balaban J connectivity index is 2.36. The molecule has 7 nitrogen and oxygen atoms in total. The maximum Gasteiger partial charge on any atom is 0.283 e. The average Bonchev–Trinajstić information content (AvgIpc) is 2.84. The minimum absolute atomic E-state index is 0.0737. The summed E-state index contributed by atoms with van der Waals surface area (Å²) in [5, 5.41) is 6.64. The van der Waals surface area contributed by atoms with Gasteiger partial charge in [-0.1, -0.05) is 0 Å². The molecule has 98 valence electrons. The van der Waals surface area contributed by atoms with Gasteiger partial charge in [0.25, 0.3) is 10.0 Å². The highest BCUT2D eigenvalue weighted by molar-refractivity contribution is 7.92. The fourth-order valence-electron chi connectivity index (χ4n) is 1.46. The first-order chi connectivity index (χ1) is 8.44. The molecule has 0 saturated heterocycles. The van der Waals surface area contributed by atoms with Gasteiger partial charge in [-0.05, 0) is 13.8 Å². The number of nitrogens with one attached hydrogen (secondary N) is 2. The second kappa shape index (κ2) is 4.67. The summed E-state index contributed by atoms with van der Waals surface area (Å²) in [4.78, 5) is 4.87. The molecule has 2 heterocycles. The van der Waals surface area contributed by atoms with E-state index in [0.717, 1.165) is 4.88 Å². The van der Waals surface area contributed by atoms with Crippen LogP contribution < -0.4 is 10.5 Å². The highest BCUT2D eigenvalue weighted by Crippen LogP contribution is 2.22. The quantitative estimate of drug-likeness (QED) is 0.767. The average molecular weight is 287 g/mol. The van der Waals surface area contributed by atoms with Crippen LogP contribution in [0.4, 0.5) is 5.13 Å². The Hall–Kier alpha value is -1.45. The summed E-state index contributed by atoms with van der Waals surface area (Å²) in [6.45, 7) is 3.68. The van der Waals surface area contributed by atoms with Crippen molar-refractivity contribution in [2.75, 3.05) is 4.72 Å². The molecule has 0 bridgehead atoms. The van der Waals surface area contributed by atoms with E-state index < -0.39 is 10.0 Å². The molecule has 4 N–H and O–H groups in total. The second-order valence-electron chi connectivity index (χ2n) is 3.72.